The number of carbonyl (C=O) groups excluding carboxylic acids is 1. The maximum atomic E-state index is 11.7. The molecule has 1 atom stereocenters. The van der Waals surface area contributed by atoms with Gasteiger partial charge in [-0.2, -0.15) is 0 Å². The lowest BCUT2D eigenvalue weighted by atomic mass is 10.2. The molecule has 4 nitrogen and oxygen atoms in total. The second-order valence-electron chi connectivity index (χ2n) is 4.59. The molecule has 0 aliphatic carbocycles. The second kappa shape index (κ2) is 6.86. The molecule has 0 aromatic heterocycles. The van der Waals surface area contributed by atoms with Crippen LogP contribution >= 0.6 is 0 Å². The summed E-state index contributed by atoms with van der Waals surface area (Å²) in [5.74, 6) is 0.166. The van der Waals surface area contributed by atoms with Crippen LogP contribution in [0.2, 0.25) is 0 Å². The minimum absolute atomic E-state index is 0.166. The SMILES string of the molecule is CCC(C)NC(=O)CN1CCN(CC)CC1. The molecule has 1 aliphatic heterocycles. The molecule has 1 aliphatic rings. The van der Waals surface area contributed by atoms with E-state index in [9.17, 15) is 4.79 Å². The predicted molar refractivity (Wildman–Crippen MR) is 66.4 cm³/mol. The molecular formula is C12H25N3O. The first-order valence-corrected chi connectivity index (χ1v) is 6.39. The molecule has 1 saturated heterocycles. The fraction of sp³-hybridized carbons (Fsp3) is 0.917. The van der Waals surface area contributed by atoms with Crippen LogP contribution in [0.5, 0.6) is 0 Å². The standard InChI is InChI=1S/C12H25N3O/c1-4-11(3)13-12(16)10-15-8-6-14(5-2)7-9-15/h11H,4-10H2,1-3H3,(H,13,16). The Balaban J connectivity index is 2.20. The van der Waals surface area contributed by atoms with E-state index in [1.165, 1.54) is 0 Å². The van der Waals surface area contributed by atoms with Gasteiger partial charge in [0.25, 0.3) is 0 Å². The van der Waals surface area contributed by atoms with Gasteiger partial charge in [0.15, 0.2) is 0 Å². The molecule has 4 heteroatoms. The molecular weight excluding hydrogens is 202 g/mol. The van der Waals surface area contributed by atoms with Gasteiger partial charge in [0.1, 0.15) is 0 Å². The fourth-order valence-corrected chi connectivity index (χ4v) is 1.89. The molecule has 1 amide bonds. The molecule has 1 fully saturated rings. The lowest BCUT2D eigenvalue weighted by Gasteiger charge is -2.33. The number of likely N-dealkylation sites (N-methyl/N-ethyl adjacent to an activating group) is 1. The van der Waals surface area contributed by atoms with Crippen LogP contribution in [-0.2, 0) is 4.79 Å². The van der Waals surface area contributed by atoms with Crippen LogP contribution in [0.15, 0.2) is 0 Å². The van der Waals surface area contributed by atoms with E-state index in [1.54, 1.807) is 0 Å². The Morgan fingerprint density at radius 1 is 1.19 bits per heavy atom. The van der Waals surface area contributed by atoms with Crippen molar-refractivity contribution in [2.45, 2.75) is 33.2 Å². The lowest BCUT2D eigenvalue weighted by molar-refractivity contribution is -0.123. The number of carbonyl (C=O) groups is 1. The van der Waals surface area contributed by atoms with E-state index >= 15 is 0 Å². The van der Waals surface area contributed by atoms with Gasteiger partial charge in [-0.25, -0.2) is 0 Å². The van der Waals surface area contributed by atoms with Gasteiger partial charge in [-0.1, -0.05) is 13.8 Å². The van der Waals surface area contributed by atoms with E-state index in [0.29, 0.717) is 12.6 Å². The zero-order chi connectivity index (χ0) is 12.0. The van der Waals surface area contributed by atoms with E-state index in [0.717, 1.165) is 39.1 Å². The van der Waals surface area contributed by atoms with Gasteiger partial charge in [-0.3, -0.25) is 9.69 Å². The highest BCUT2D eigenvalue weighted by Crippen LogP contribution is 2.00. The number of piperazine rings is 1. The molecule has 1 rings (SSSR count). The molecule has 1 unspecified atom stereocenters. The van der Waals surface area contributed by atoms with Gasteiger partial charge in [0.05, 0.1) is 6.54 Å². The highest BCUT2D eigenvalue weighted by atomic mass is 16.2. The highest BCUT2D eigenvalue weighted by molar-refractivity contribution is 5.78. The van der Waals surface area contributed by atoms with Gasteiger partial charge >= 0.3 is 0 Å². The summed E-state index contributed by atoms with van der Waals surface area (Å²) < 4.78 is 0. The minimum atomic E-state index is 0.166. The van der Waals surface area contributed by atoms with Crippen molar-refractivity contribution in [3.8, 4) is 0 Å². The molecule has 94 valence electrons. The Labute approximate surface area is 99.0 Å². The molecule has 16 heavy (non-hydrogen) atoms. The van der Waals surface area contributed by atoms with Crippen molar-refractivity contribution in [3.05, 3.63) is 0 Å². The van der Waals surface area contributed by atoms with E-state index in [4.69, 9.17) is 0 Å². The third-order valence-corrected chi connectivity index (χ3v) is 3.30. The Morgan fingerprint density at radius 2 is 1.75 bits per heavy atom. The Kier molecular flexibility index (Phi) is 5.77. The van der Waals surface area contributed by atoms with Crippen molar-refractivity contribution in [2.24, 2.45) is 0 Å². The van der Waals surface area contributed by atoms with E-state index in [-0.39, 0.29) is 5.91 Å². The van der Waals surface area contributed by atoms with Crippen LogP contribution in [0.25, 0.3) is 0 Å². The predicted octanol–water partition coefficient (Wildman–Crippen LogP) is 0.539. The van der Waals surface area contributed by atoms with Crippen molar-refractivity contribution in [1.29, 1.82) is 0 Å². The third-order valence-electron chi connectivity index (χ3n) is 3.30. The largest absolute Gasteiger partial charge is 0.353 e. The summed E-state index contributed by atoms with van der Waals surface area (Å²) in [7, 11) is 0. The minimum Gasteiger partial charge on any atom is -0.353 e. The number of hydrogen-bond acceptors (Lipinski definition) is 3. The summed E-state index contributed by atoms with van der Waals surface area (Å²) in [6.45, 7) is 12.2. The van der Waals surface area contributed by atoms with Crippen LogP contribution < -0.4 is 5.32 Å². The Hall–Kier alpha value is -0.610. The number of amides is 1. The maximum Gasteiger partial charge on any atom is 0.234 e. The van der Waals surface area contributed by atoms with Crippen molar-refractivity contribution in [3.63, 3.8) is 0 Å². The summed E-state index contributed by atoms with van der Waals surface area (Å²) in [5, 5.41) is 3.01. The molecule has 0 bridgehead atoms. The Bertz CT molecular complexity index is 212. The van der Waals surface area contributed by atoms with Crippen molar-refractivity contribution in [1.82, 2.24) is 15.1 Å². The van der Waals surface area contributed by atoms with Gasteiger partial charge in [0.2, 0.25) is 5.91 Å². The number of nitrogens with zero attached hydrogens (tertiary/aromatic N) is 2. The van der Waals surface area contributed by atoms with Crippen molar-refractivity contribution in [2.75, 3.05) is 39.3 Å². The normalized spacial score (nSPS) is 20.7. The zero-order valence-corrected chi connectivity index (χ0v) is 10.8. The first-order chi connectivity index (χ1) is 7.65. The summed E-state index contributed by atoms with van der Waals surface area (Å²) in [5.41, 5.74) is 0. The number of nitrogens with one attached hydrogen (secondary N) is 1. The fourth-order valence-electron chi connectivity index (χ4n) is 1.89. The van der Waals surface area contributed by atoms with E-state index in [1.807, 2.05) is 6.92 Å². The van der Waals surface area contributed by atoms with Crippen LogP contribution in [-0.4, -0.2) is 61.0 Å². The molecule has 1 heterocycles. The van der Waals surface area contributed by atoms with Crippen LogP contribution in [0.1, 0.15) is 27.2 Å². The number of rotatable bonds is 5. The smallest absolute Gasteiger partial charge is 0.234 e. The van der Waals surface area contributed by atoms with Crippen LogP contribution in [0, 0.1) is 0 Å². The third kappa shape index (κ3) is 4.49. The molecule has 1 N–H and O–H groups in total. The summed E-state index contributed by atoms with van der Waals surface area (Å²) >= 11 is 0. The molecule has 0 aromatic rings. The maximum absolute atomic E-state index is 11.7. The van der Waals surface area contributed by atoms with Gasteiger partial charge in [-0.05, 0) is 19.9 Å². The first kappa shape index (κ1) is 13.5. The number of hydrogen-bond donors (Lipinski definition) is 1. The van der Waals surface area contributed by atoms with Gasteiger partial charge in [0, 0.05) is 32.2 Å². The first-order valence-electron chi connectivity index (χ1n) is 6.39. The van der Waals surface area contributed by atoms with E-state index < -0.39 is 0 Å². The second-order valence-corrected chi connectivity index (χ2v) is 4.59. The lowest BCUT2D eigenvalue weighted by Crippen LogP contribution is -2.50. The quantitative estimate of drug-likeness (QED) is 0.744. The highest BCUT2D eigenvalue weighted by Gasteiger charge is 2.17. The van der Waals surface area contributed by atoms with E-state index in [2.05, 4.69) is 29.0 Å². The van der Waals surface area contributed by atoms with Crippen LogP contribution in [0.4, 0.5) is 0 Å². The summed E-state index contributed by atoms with van der Waals surface area (Å²) in [6, 6.07) is 0.296. The van der Waals surface area contributed by atoms with Crippen LogP contribution in [0.3, 0.4) is 0 Å². The average Bonchev–Trinajstić information content (AvgIpc) is 2.29. The monoisotopic (exact) mass is 227 g/mol. The van der Waals surface area contributed by atoms with Crippen molar-refractivity contribution < 1.29 is 4.79 Å². The Morgan fingerprint density at radius 3 is 2.25 bits per heavy atom. The van der Waals surface area contributed by atoms with Gasteiger partial charge < -0.3 is 10.2 Å². The topological polar surface area (TPSA) is 35.6 Å². The molecule has 0 radical (unpaired) electrons. The summed E-state index contributed by atoms with van der Waals surface area (Å²) in [4.78, 5) is 16.3. The van der Waals surface area contributed by atoms with Crippen molar-refractivity contribution >= 4 is 5.91 Å². The van der Waals surface area contributed by atoms with Gasteiger partial charge in [-0.15, -0.1) is 0 Å². The average molecular weight is 227 g/mol. The molecule has 0 aromatic carbocycles. The molecule has 0 saturated carbocycles. The zero-order valence-electron chi connectivity index (χ0n) is 10.8. The summed E-state index contributed by atoms with van der Waals surface area (Å²) in [6.07, 6.45) is 0.995. The molecule has 0 spiro atoms.